The van der Waals surface area contributed by atoms with E-state index in [9.17, 15) is 14.0 Å². The average molecular weight is 269 g/mol. The molecular formula is C13H16FNO4. The van der Waals surface area contributed by atoms with Gasteiger partial charge in [-0.1, -0.05) is 6.07 Å². The Kier molecular flexibility index (Phi) is 4.47. The number of rotatable bonds is 5. The lowest BCUT2D eigenvalue weighted by atomic mass is 10.00. The third-order valence-electron chi connectivity index (χ3n) is 2.47. The van der Waals surface area contributed by atoms with Crippen LogP contribution in [0.25, 0.3) is 0 Å². The van der Waals surface area contributed by atoms with Crippen LogP contribution in [0.1, 0.15) is 30.6 Å². The van der Waals surface area contributed by atoms with Crippen molar-refractivity contribution in [3.63, 3.8) is 0 Å². The highest BCUT2D eigenvalue weighted by molar-refractivity contribution is 5.97. The topological polar surface area (TPSA) is 75.6 Å². The quantitative estimate of drug-likeness (QED) is 0.855. The van der Waals surface area contributed by atoms with Crippen molar-refractivity contribution in [1.29, 1.82) is 0 Å². The molecule has 1 rings (SSSR count). The molecule has 1 amide bonds. The number of carboxylic acid groups (broad SMARTS) is 1. The molecule has 0 aliphatic heterocycles. The van der Waals surface area contributed by atoms with Gasteiger partial charge in [0.15, 0.2) is 0 Å². The van der Waals surface area contributed by atoms with Crippen LogP contribution in [-0.2, 0) is 4.79 Å². The van der Waals surface area contributed by atoms with Crippen LogP contribution in [0.3, 0.4) is 0 Å². The van der Waals surface area contributed by atoms with E-state index in [4.69, 9.17) is 9.84 Å². The van der Waals surface area contributed by atoms with Crippen molar-refractivity contribution < 1.29 is 23.8 Å². The third kappa shape index (κ3) is 3.94. The first-order valence-corrected chi connectivity index (χ1v) is 5.63. The van der Waals surface area contributed by atoms with Gasteiger partial charge in [0, 0.05) is 5.54 Å². The van der Waals surface area contributed by atoms with Crippen molar-refractivity contribution in [2.24, 2.45) is 0 Å². The van der Waals surface area contributed by atoms with Crippen LogP contribution in [-0.4, -0.2) is 29.6 Å². The van der Waals surface area contributed by atoms with Crippen molar-refractivity contribution in [1.82, 2.24) is 5.32 Å². The predicted molar refractivity (Wildman–Crippen MR) is 66.8 cm³/mol. The number of halogens is 1. The summed E-state index contributed by atoms with van der Waals surface area (Å²) in [5, 5.41) is 11.2. The van der Waals surface area contributed by atoms with E-state index in [0.29, 0.717) is 0 Å². The number of amides is 1. The lowest BCUT2D eigenvalue weighted by molar-refractivity contribution is -0.138. The fourth-order valence-corrected chi connectivity index (χ4v) is 1.69. The van der Waals surface area contributed by atoms with Gasteiger partial charge in [0.1, 0.15) is 17.1 Å². The number of hydrogen-bond acceptors (Lipinski definition) is 3. The van der Waals surface area contributed by atoms with Crippen LogP contribution in [0, 0.1) is 5.82 Å². The molecule has 0 spiro atoms. The number of carbonyl (C=O) groups excluding carboxylic acids is 1. The van der Waals surface area contributed by atoms with E-state index in [1.807, 2.05) is 0 Å². The molecule has 0 saturated heterocycles. The molecule has 0 aromatic heterocycles. The highest BCUT2D eigenvalue weighted by Crippen LogP contribution is 2.22. The van der Waals surface area contributed by atoms with Crippen LogP contribution in [0.5, 0.6) is 5.75 Å². The number of carboxylic acids is 1. The van der Waals surface area contributed by atoms with Gasteiger partial charge in [-0.15, -0.1) is 0 Å². The van der Waals surface area contributed by atoms with Crippen molar-refractivity contribution in [2.75, 3.05) is 7.11 Å². The Morgan fingerprint density at radius 1 is 1.42 bits per heavy atom. The molecule has 0 aliphatic carbocycles. The Bertz CT molecular complexity index is 499. The molecular weight excluding hydrogens is 253 g/mol. The first-order chi connectivity index (χ1) is 8.76. The van der Waals surface area contributed by atoms with Gasteiger partial charge in [0.25, 0.3) is 5.91 Å². The second kappa shape index (κ2) is 5.69. The molecule has 0 aliphatic rings. The Balaban J connectivity index is 2.99. The fraction of sp³-hybridized carbons (Fsp3) is 0.385. The van der Waals surface area contributed by atoms with E-state index in [0.717, 1.165) is 6.07 Å². The summed E-state index contributed by atoms with van der Waals surface area (Å²) in [4.78, 5) is 22.7. The molecule has 0 bridgehead atoms. The minimum Gasteiger partial charge on any atom is -0.496 e. The first kappa shape index (κ1) is 14.9. The van der Waals surface area contributed by atoms with Crippen LogP contribution >= 0.6 is 0 Å². The monoisotopic (exact) mass is 269 g/mol. The molecule has 6 heteroatoms. The molecule has 0 radical (unpaired) electrons. The van der Waals surface area contributed by atoms with Gasteiger partial charge in [-0.05, 0) is 26.0 Å². The fourth-order valence-electron chi connectivity index (χ4n) is 1.69. The molecule has 1 aromatic rings. The standard InChI is InChI=1S/C13H16FNO4/c1-13(2,7-10(16)17)15-12(18)11-8(14)5-4-6-9(11)19-3/h4-6H,7H2,1-3H3,(H,15,18)(H,16,17). The van der Waals surface area contributed by atoms with Gasteiger partial charge in [-0.2, -0.15) is 0 Å². The summed E-state index contributed by atoms with van der Waals surface area (Å²) >= 11 is 0. The van der Waals surface area contributed by atoms with Gasteiger partial charge in [-0.3, -0.25) is 9.59 Å². The second-order valence-electron chi connectivity index (χ2n) is 4.73. The number of benzene rings is 1. The lowest BCUT2D eigenvalue weighted by Gasteiger charge is -2.24. The maximum absolute atomic E-state index is 13.7. The van der Waals surface area contributed by atoms with Gasteiger partial charge in [-0.25, -0.2) is 4.39 Å². The Morgan fingerprint density at radius 3 is 2.58 bits per heavy atom. The maximum atomic E-state index is 13.7. The van der Waals surface area contributed by atoms with Crippen LogP contribution in [0.15, 0.2) is 18.2 Å². The van der Waals surface area contributed by atoms with E-state index in [-0.39, 0.29) is 17.7 Å². The number of hydrogen-bond donors (Lipinski definition) is 2. The van der Waals surface area contributed by atoms with Crippen molar-refractivity contribution in [2.45, 2.75) is 25.8 Å². The van der Waals surface area contributed by atoms with Gasteiger partial charge >= 0.3 is 5.97 Å². The summed E-state index contributed by atoms with van der Waals surface area (Å²) in [5.41, 5.74) is -1.22. The smallest absolute Gasteiger partial charge is 0.305 e. The highest BCUT2D eigenvalue weighted by Gasteiger charge is 2.27. The zero-order valence-corrected chi connectivity index (χ0v) is 11.0. The summed E-state index contributed by atoms with van der Waals surface area (Å²) in [6.45, 7) is 3.10. The number of carbonyl (C=O) groups is 2. The van der Waals surface area contributed by atoms with Crippen molar-refractivity contribution in [3.8, 4) is 5.75 Å². The Labute approximate surface area is 110 Å². The highest BCUT2D eigenvalue weighted by atomic mass is 19.1. The van der Waals surface area contributed by atoms with Gasteiger partial charge in [0.05, 0.1) is 13.5 Å². The van der Waals surface area contributed by atoms with Crippen molar-refractivity contribution in [3.05, 3.63) is 29.6 Å². The number of aliphatic carboxylic acids is 1. The average Bonchev–Trinajstić information content (AvgIpc) is 2.25. The summed E-state index contributed by atoms with van der Waals surface area (Å²) in [5.74, 6) is -2.38. The minimum atomic E-state index is -1.05. The summed E-state index contributed by atoms with van der Waals surface area (Å²) in [6, 6.07) is 4.02. The normalized spacial score (nSPS) is 10.9. The van der Waals surface area contributed by atoms with E-state index in [1.54, 1.807) is 13.8 Å². The molecule has 19 heavy (non-hydrogen) atoms. The van der Waals surface area contributed by atoms with E-state index >= 15 is 0 Å². The van der Waals surface area contributed by atoms with Crippen LogP contribution in [0.2, 0.25) is 0 Å². The number of nitrogens with one attached hydrogen (secondary N) is 1. The summed E-state index contributed by atoms with van der Waals surface area (Å²) in [6.07, 6.45) is -0.268. The zero-order valence-electron chi connectivity index (χ0n) is 11.0. The van der Waals surface area contributed by atoms with Crippen molar-refractivity contribution >= 4 is 11.9 Å². The van der Waals surface area contributed by atoms with Crippen LogP contribution in [0.4, 0.5) is 4.39 Å². The van der Waals surface area contributed by atoms with E-state index < -0.39 is 23.2 Å². The van der Waals surface area contributed by atoms with Crippen LogP contribution < -0.4 is 10.1 Å². The first-order valence-electron chi connectivity index (χ1n) is 5.63. The van der Waals surface area contributed by atoms with E-state index in [2.05, 4.69) is 5.32 Å². The lowest BCUT2D eigenvalue weighted by Crippen LogP contribution is -2.45. The molecule has 1 aromatic carbocycles. The maximum Gasteiger partial charge on any atom is 0.305 e. The molecule has 2 N–H and O–H groups in total. The Morgan fingerprint density at radius 2 is 2.05 bits per heavy atom. The minimum absolute atomic E-state index is 0.101. The molecule has 5 nitrogen and oxygen atoms in total. The predicted octanol–water partition coefficient (Wildman–Crippen LogP) is 1.82. The van der Waals surface area contributed by atoms with Gasteiger partial charge < -0.3 is 15.2 Å². The number of ether oxygens (including phenoxy) is 1. The SMILES string of the molecule is COc1cccc(F)c1C(=O)NC(C)(C)CC(=O)O. The number of methoxy groups -OCH3 is 1. The third-order valence-corrected chi connectivity index (χ3v) is 2.47. The molecule has 0 fully saturated rings. The zero-order chi connectivity index (χ0) is 14.6. The molecule has 104 valence electrons. The molecule has 0 heterocycles. The van der Waals surface area contributed by atoms with Gasteiger partial charge in [0.2, 0.25) is 0 Å². The molecule has 0 saturated carbocycles. The molecule has 0 atom stereocenters. The summed E-state index contributed by atoms with van der Waals surface area (Å²) < 4.78 is 18.6. The molecule has 0 unspecified atom stereocenters. The van der Waals surface area contributed by atoms with E-state index in [1.165, 1.54) is 19.2 Å². The Hall–Kier alpha value is -2.11. The second-order valence-corrected chi connectivity index (χ2v) is 4.73. The summed E-state index contributed by atoms with van der Waals surface area (Å²) in [7, 11) is 1.33. The largest absolute Gasteiger partial charge is 0.496 e.